The van der Waals surface area contributed by atoms with E-state index in [4.69, 9.17) is 4.74 Å². The molecule has 0 amide bonds. The summed E-state index contributed by atoms with van der Waals surface area (Å²) in [4.78, 5) is 27.1. The molecule has 19 heavy (non-hydrogen) atoms. The van der Waals surface area contributed by atoms with Gasteiger partial charge >= 0.3 is 5.97 Å². The molecule has 1 atom stereocenters. The molecule has 0 N–H and O–H groups in total. The van der Waals surface area contributed by atoms with E-state index in [1.165, 1.54) is 17.8 Å². The number of carbonyl (C=O) groups is 1. The van der Waals surface area contributed by atoms with Crippen LogP contribution in [0.1, 0.15) is 39.2 Å². The van der Waals surface area contributed by atoms with Crippen LogP contribution in [0, 0.1) is 0 Å². The summed E-state index contributed by atoms with van der Waals surface area (Å²) in [5, 5.41) is 0.252. The first-order valence-corrected chi connectivity index (χ1v) is 7.42. The number of hydrogen-bond donors (Lipinski definition) is 0. The van der Waals surface area contributed by atoms with Crippen LogP contribution in [0.25, 0.3) is 0 Å². The molecule has 1 aliphatic carbocycles. The highest BCUT2D eigenvalue weighted by atomic mass is 32.2. The molecule has 0 radical (unpaired) electrons. The average molecular weight is 282 g/mol. The fourth-order valence-electron chi connectivity index (χ4n) is 1.64. The number of carbonyl (C=O) groups excluding carboxylic acids is 1. The average Bonchev–Trinajstić information content (AvgIpc) is 3.20. The van der Waals surface area contributed by atoms with Gasteiger partial charge in [0.2, 0.25) is 0 Å². The molecule has 0 aromatic carbocycles. The van der Waals surface area contributed by atoms with Crippen LogP contribution < -0.4 is 5.56 Å². The Kier molecular flexibility index (Phi) is 4.63. The van der Waals surface area contributed by atoms with Gasteiger partial charge in [0.05, 0.1) is 6.61 Å². The fourth-order valence-corrected chi connectivity index (χ4v) is 2.60. The Morgan fingerprint density at radius 3 is 3.00 bits per heavy atom. The summed E-state index contributed by atoms with van der Waals surface area (Å²) in [6.07, 6.45) is 4.78. The SMILES string of the molecule is CCCOC(=O)C(C)Sc1nc(=O)ccn1C1CC1. The van der Waals surface area contributed by atoms with E-state index in [9.17, 15) is 9.59 Å². The normalized spacial score (nSPS) is 16.1. The predicted octanol–water partition coefficient (Wildman–Crippen LogP) is 2.01. The Morgan fingerprint density at radius 2 is 2.37 bits per heavy atom. The van der Waals surface area contributed by atoms with Crippen molar-refractivity contribution in [2.24, 2.45) is 0 Å². The number of hydrogen-bond acceptors (Lipinski definition) is 5. The zero-order valence-electron chi connectivity index (χ0n) is 11.2. The first-order valence-electron chi connectivity index (χ1n) is 6.54. The minimum atomic E-state index is -0.356. The van der Waals surface area contributed by atoms with E-state index >= 15 is 0 Å². The molecule has 1 unspecified atom stereocenters. The Bertz CT molecular complexity index is 511. The van der Waals surface area contributed by atoms with Gasteiger partial charge in [-0.05, 0) is 26.2 Å². The maximum atomic E-state index is 11.7. The lowest BCUT2D eigenvalue weighted by Gasteiger charge is -2.14. The van der Waals surface area contributed by atoms with Gasteiger partial charge in [-0.1, -0.05) is 18.7 Å². The van der Waals surface area contributed by atoms with Crippen LogP contribution in [-0.2, 0) is 9.53 Å². The highest BCUT2D eigenvalue weighted by molar-refractivity contribution is 8.00. The molecule has 1 saturated carbocycles. The van der Waals surface area contributed by atoms with Gasteiger partial charge in [0.1, 0.15) is 5.25 Å². The molecular weight excluding hydrogens is 264 g/mol. The van der Waals surface area contributed by atoms with Crippen LogP contribution >= 0.6 is 11.8 Å². The molecule has 1 aliphatic rings. The Labute approximate surface area is 116 Å². The van der Waals surface area contributed by atoms with Crippen LogP contribution in [0.3, 0.4) is 0 Å². The van der Waals surface area contributed by atoms with Gasteiger partial charge in [-0.2, -0.15) is 4.98 Å². The van der Waals surface area contributed by atoms with Crippen molar-refractivity contribution in [3.63, 3.8) is 0 Å². The third kappa shape index (κ3) is 3.83. The van der Waals surface area contributed by atoms with E-state index < -0.39 is 0 Å². The number of rotatable bonds is 6. The van der Waals surface area contributed by atoms with E-state index in [1.54, 1.807) is 13.1 Å². The summed E-state index contributed by atoms with van der Waals surface area (Å²) in [5.74, 6) is -0.257. The van der Waals surface area contributed by atoms with Crippen molar-refractivity contribution in [1.29, 1.82) is 0 Å². The molecule has 6 heteroatoms. The fraction of sp³-hybridized carbons (Fsp3) is 0.615. The van der Waals surface area contributed by atoms with E-state index in [0.717, 1.165) is 19.3 Å². The standard InChI is InChI=1S/C13H18N2O3S/c1-3-8-18-12(17)9(2)19-13-14-11(16)6-7-15(13)10-4-5-10/h6-7,9-10H,3-5,8H2,1-2H3. The maximum Gasteiger partial charge on any atom is 0.319 e. The van der Waals surface area contributed by atoms with Crippen molar-refractivity contribution >= 4 is 17.7 Å². The van der Waals surface area contributed by atoms with E-state index in [0.29, 0.717) is 17.8 Å². The van der Waals surface area contributed by atoms with E-state index in [-0.39, 0.29) is 16.8 Å². The van der Waals surface area contributed by atoms with Gasteiger partial charge in [0, 0.05) is 18.3 Å². The highest BCUT2D eigenvalue weighted by Gasteiger charge is 2.27. The summed E-state index contributed by atoms with van der Waals surface area (Å²) in [6, 6.07) is 1.89. The first kappa shape index (κ1) is 14.1. The van der Waals surface area contributed by atoms with Crippen molar-refractivity contribution in [1.82, 2.24) is 9.55 Å². The van der Waals surface area contributed by atoms with Gasteiger partial charge in [-0.15, -0.1) is 0 Å². The summed E-state index contributed by atoms with van der Waals surface area (Å²) in [6.45, 7) is 4.16. The predicted molar refractivity (Wildman–Crippen MR) is 73.3 cm³/mol. The molecule has 1 heterocycles. The lowest BCUT2D eigenvalue weighted by molar-refractivity contribution is -0.142. The van der Waals surface area contributed by atoms with Crippen molar-refractivity contribution in [3.8, 4) is 0 Å². The molecular formula is C13H18N2O3S. The Hall–Kier alpha value is -1.30. The molecule has 1 aromatic heterocycles. The monoisotopic (exact) mass is 282 g/mol. The second-order valence-electron chi connectivity index (χ2n) is 4.61. The zero-order valence-corrected chi connectivity index (χ0v) is 12.0. The Morgan fingerprint density at radius 1 is 1.63 bits per heavy atom. The van der Waals surface area contributed by atoms with E-state index in [2.05, 4.69) is 4.98 Å². The molecule has 1 aromatic rings. The molecule has 1 fully saturated rings. The second-order valence-corrected chi connectivity index (χ2v) is 5.92. The van der Waals surface area contributed by atoms with Gasteiger partial charge in [0.25, 0.3) is 5.56 Å². The number of esters is 1. The van der Waals surface area contributed by atoms with Gasteiger partial charge in [-0.3, -0.25) is 9.59 Å². The third-order valence-corrected chi connectivity index (χ3v) is 3.87. The summed E-state index contributed by atoms with van der Waals surface area (Å²) in [7, 11) is 0. The number of aromatic nitrogens is 2. The smallest absolute Gasteiger partial charge is 0.319 e. The minimum Gasteiger partial charge on any atom is -0.465 e. The molecule has 0 spiro atoms. The van der Waals surface area contributed by atoms with Gasteiger partial charge < -0.3 is 9.30 Å². The molecule has 104 valence electrons. The molecule has 0 aliphatic heterocycles. The van der Waals surface area contributed by atoms with Crippen molar-refractivity contribution in [2.75, 3.05) is 6.61 Å². The summed E-state index contributed by atoms with van der Waals surface area (Å²) < 4.78 is 7.08. The third-order valence-electron chi connectivity index (χ3n) is 2.81. The first-order chi connectivity index (χ1) is 9.11. The lowest BCUT2D eigenvalue weighted by atomic mass is 10.5. The molecule has 0 saturated heterocycles. The quantitative estimate of drug-likeness (QED) is 0.454. The minimum absolute atomic E-state index is 0.257. The largest absolute Gasteiger partial charge is 0.465 e. The van der Waals surface area contributed by atoms with Gasteiger partial charge in [0.15, 0.2) is 5.16 Å². The lowest BCUT2D eigenvalue weighted by Crippen LogP contribution is -2.20. The molecule has 5 nitrogen and oxygen atoms in total. The highest BCUT2D eigenvalue weighted by Crippen LogP contribution is 2.37. The van der Waals surface area contributed by atoms with E-state index in [1.807, 2.05) is 11.5 Å². The maximum absolute atomic E-state index is 11.7. The Balaban J connectivity index is 2.07. The zero-order chi connectivity index (χ0) is 13.8. The summed E-state index contributed by atoms with van der Waals surface area (Å²) in [5.41, 5.74) is -0.270. The molecule has 0 bridgehead atoms. The van der Waals surface area contributed by atoms with Crippen LogP contribution in [0.2, 0.25) is 0 Å². The topological polar surface area (TPSA) is 61.2 Å². The van der Waals surface area contributed by atoms with Crippen LogP contribution in [0.15, 0.2) is 22.2 Å². The second kappa shape index (κ2) is 6.23. The van der Waals surface area contributed by atoms with Crippen LogP contribution in [-0.4, -0.2) is 27.4 Å². The number of thioether (sulfide) groups is 1. The number of nitrogens with zero attached hydrogens (tertiary/aromatic N) is 2. The van der Waals surface area contributed by atoms with Crippen molar-refractivity contribution in [3.05, 3.63) is 22.6 Å². The van der Waals surface area contributed by atoms with Crippen LogP contribution in [0.4, 0.5) is 0 Å². The summed E-state index contributed by atoms with van der Waals surface area (Å²) >= 11 is 1.29. The molecule has 2 rings (SSSR count). The number of ether oxygens (including phenoxy) is 1. The van der Waals surface area contributed by atoms with Gasteiger partial charge in [-0.25, -0.2) is 0 Å². The van der Waals surface area contributed by atoms with Crippen molar-refractivity contribution < 1.29 is 9.53 Å². The van der Waals surface area contributed by atoms with Crippen molar-refractivity contribution in [2.45, 2.75) is 49.6 Å². The van der Waals surface area contributed by atoms with Crippen LogP contribution in [0.5, 0.6) is 0 Å².